The number of hydrogen-bond donors (Lipinski definition) is 2. The second kappa shape index (κ2) is 13.8. The number of hydrogen-bond acceptors (Lipinski definition) is 8. The summed E-state index contributed by atoms with van der Waals surface area (Å²) in [4.78, 5) is 65.2. The summed E-state index contributed by atoms with van der Waals surface area (Å²) in [6, 6.07) is 13.4. The van der Waals surface area contributed by atoms with Gasteiger partial charge in [-0.15, -0.1) is 0 Å². The Labute approximate surface area is 225 Å². The number of carbonyl (C=O) groups is 5. The first-order chi connectivity index (χ1) is 18.7. The molecule has 208 valence electrons. The van der Waals surface area contributed by atoms with E-state index in [1.54, 1.807) is 48.5 Å². The summed E-state index contributed by atoms with van der Waals surface area (Å²) in [5.41, 5.74) is 1.45. The quantitative estimate of drug-likeness (QED) is 0.400. The molecule has 3 amide bonds. The van der Waals surface area contributed by atoms with Crippen LogP contribution in [-0.2, 0) is 41.7 Å². The Morgan fingerprint density at radius 1 is 1.00 bits per heavy atom. The van der Waals surface area contributed by atoms with Gasteiger partial charge in [0.05, 0.1) is 20.6 Å². The van der Waals surface area contributed by atoms with E-state index in [-0.39, 0.29) is 26.1 Å². The fourth-order valence-corrected chi connectivity index (χ4v) is 4.17. The Hall–Kier alpha value is -4.61. The molecule has 1 heterocycles. The van der Waals surface area contributed by atoms with E-state index in [1.807, 2.05) is 6.07 Å². The van der Waals surface area contributed by atoms with Gasteiger partial charge >= 0.3 is 18.0 Å². The van der Waals surface area contributed by atoms with Crippen LogP contribution in [0.4, 0.5) is 4.79 Å². The van der Waals surface area contributed by atoms with Gasteiger partial charge in [-0.3, -0.25) is 19.2 Å². The number of amides is 3. The van der Waals surface area contributed by atoms with Crippen LogP contribution in [0.25, 0.3) is 0 Å². The third-order valence-corrected chi connectivity index (χ3v) is 6.18. The second-order valence-corrected chi connectivity index (χ2v) is 8.79. The summed E-state index contributed by atoms with van der Waals surface area (Å²) < 4.78 is 15.2. The number of aliphatic carboxylic acids is 1. The molecule has 1 saturated heterocycles. The molecule has 1 aliphatic heterocycles. The van der Waals surface area contributed by atoms with Crippen molar-refractivity contribution in [3.05, 3.63) is 65.7 Å². The van der Waals surface area contributed by atoms with E-state index in [0.29, 0.717) is 11.3 Å². The zero-order valence-corrected chi connectivity index (χ0v) is 21.7. The summed E-state index contributed by atoms with van der Waals surface area (Å²) in [5, 5.41) is 11.7. The van der Waals surface area contributed by atoms with Gasteiger partial charge in [0.25, 0.3) is 0 Å². The highest BCUT2D eigenvalue weighted by Crippen LogP contribution is 2.19. The van der Waals surface area contributed by atoms with E-state index in [0.717, 1.165) is 17.6 Å². The number of carbonyl (C=O) groups excluding carboxylic acids is 4. The first-order valence-corrected chi connectivity index (χ1v) is 12.2. The lowest BCUT2D eigenvalue weighted by Gasteiger charge is -2.41. The van der Waals surface area contributed by atoms with Gasteiger partial charge in [-0.25, -0.2) is 4.79 Å². The molecule has 0 aliphatic carbocycles. The Morgan fingerprint density at radius 3 is 2.31 bits per heavy atom. The molecule has 0 unspecified atom stereocenters. The van der Waals surface area contributed by atoms with Gasteiger partial charge in [0.15, 0.2) is 0 Å². The van der Waals surface area contributed by atoms with Gasteiger partial charge in [0.2, 0.25) is 11.8 Å². The zero-order chi connectivity index (χ0) is 28.4. The largest absolute Gasteiger partial charge is 0.497 e. The Kier molecular flexibility index (Phi) is 10.2. The highest BCUT2D eigenvalue weighted by Gasteiger charge is 2.42. The van der Waals surface area contributed by atoms with Crippen molar-refractivity contribution in [3.63, 3.8) is 0 Å². The molecule has 2 N–H and O–H groups in total. The number of alkyl carbamates (subject to hydrolysis) is 1. The summed E-state index contributed by atoms with van der Waals surface area (Å²) in [5.74, 6) is -2.68. The van der Waals surface area contributed by atoms with E-state index in [1.165, 1.54) is 12.0 Å². The molecule has 3 rings (SSSR count). The molecule has 2 atom stereocenters. The van der Waals surface area contributed by atoms with E-state index < -0.39 is 54.9 Å². The monoisotopic (exact) mass is 541 g/mol. The fraction of sp³-hybridized carbons (Fsp3) is 0.370. The molecule has 0 spiro atoms. The number of carboxylic acid groups (broad SMARTS) is 1. The van der Waals surface area contributed by atoms with Gasteiger partial charge in [0.1, 0.15) is 31.0 Å². The average Bonchev–Trinajstić information content (AvgIpc) is 2.94. The van der Waals surface area contributed by atoms with Crippen LogP contribution in [0.15, 0.2) is 54.6 Å². The normalized spacial score (nSPS) is 15.7. The molecule has 0 aromatic heterocycles. The van der Waals surface area contributed by atoms with Gasteiger partial charge in [-0.2, -0.15) is 0 Å². The molecular weight excluding hydrogens is 510 g/mol. The first-order valence-electron chi connectivity index (χ1n) is 12.2. The minimum atomic E-state index is -1.29. The van der Waals surface area contributed by atoms with Crippen molar-refractivity contribution in [1.82, 2.24) is 15.1 Å². The number of benzene rings is 2. The van der Waals surface area contributed by atoms with Crippen LogP contribution in [-0.4, -0.2) is 90.7 Å². The van der Waals surface area contributed by atoms with Gasteiger partial charge in [-0.1, -0.05) is 42.5 Å². The third-order valence-electron chi connectivity index (χ3n) is 6.18. The number of esters is 1. The van der Waals surface area contributed by atoms with Crippen molar-refractivity contribution >= 4 is 29.8 Å². The minimum Gasteiger partial charge on any atom is -0.497 e. The topological polar surface area (TPSA) is 152 Å². The van der Waals surface area contributed by atoms with Crippen LogP contribution in [0.1, 0.15) is 17.5 Å². The standard InChI is InChI=1S/C27H31N3O9/c1-37-20-10-8-18(9-11-20)14-21(28-27(36)39-17-19-6-4-3-5-7-19)25(34)30-13-12-29(16-23(31)32)26(35)22(30)15-24(33)38-2/h3-11,21-22H,12-17H2,1-2H3,(H,28,36)(H,31,32)/t21-,22-/m0/s1. The van der Waals surface area contributed by atoms with Gasteiger partial charge in [0, 0.05) is 19.5 Å². The van der Waals surface area contributed by atoms with Crippen LogP contribution < -0.4 is 10.1 Å². The molecular formula is C27H31N3O9. The number of carboxylic acids is 1. The first kappa shape index (κ1) is 29.0. The van der Waals surface area contributed by atoms with Crippen molar-refractivity contribution in [2.75, 3.05) is 33.9 Å². The lowest BCUT2D eigenvalue weighted by Crippen LogP contribution is -2.63. The smallest absolute Gasteiger partial charge is 0.408 e. The second-order valence-electron chi connectivity index (χ2n) is 8.79. The van der Waals surface area contributed by atoms with E-state index in [2.05, 4.69) is 5.32 Å². The Balaban J connectivity index is 1.83. The molecule has 1 aliphatic rings. The van der Waals surface area contributed by atoms with Crippen LogP contribution in [0.2, 0.25) is 0 Å². The maximum absolute atomic E-state index is 13.8. The lowest BCUT2D eigenvalue weighted by molar-refractivity contribution is -0.159. The summed E-state index contributed by atoms with van der Waals surface area (Å²) >= 11 is 0. The van der Waals surface area contributed by atoms with E-state index in [4.69, 9.17) is 19.3 Å². The Bertz CT molecular complexity index is 1170. The number of piperazine rings is 1. The maximum Gasteiger partial charge on any atom is 0.408 e. The number of methoxy groups -OCH3 is 2. The van der Waals surface area contributed by atoms with E-state index >= 15 is 0 Å². The summed E-state index contributed by atoms with van der Waals surface area (Å²) in [6.07, 6.45) is -1.26. The zero-order valence-electron chi connectivity index (χ0n) is 21.7. The average molecular weight is 542 g/mol. The van der Waals surface area contributed by atoms with Crippen LogP contribution >= 0.6 is 0 Å². The van der Waals surface area contributed by atoms with Crippen LogP contribution in [0.5, 0.6) is 5.75 Å². The van der Waals surface area contributed by atoms with Crippen LogP contribution in [0.3, 0.4) is 0 Å². The molecule has 2 aromatic carbocycles. The summed E-state index contributed by atoms with van der Waals surface area (Å²) in [7, 11) is 2.67. The van der Waals surface area contributed by atoms with E-state index in [9.17, 15) is 24.0 Å². The van der Waals surface area contributed by atoms with Gasteiger partial charge < -0.3 is 34.4 Å². The molecule has 0 saturated carbocycles. The van der Waals surface area contributed by atoms with Gasteiger partial charge in [-0.05, 0) is 23.3 Å². The SMILES string of the molecule is COC(=O)C[C@H]1C(=O)N(CC(=O)O)CCN1C(=O)[C@H](Cc1ccc(OC)cc1)NC(=O)OCc1ccccc1. The lowest BCUT2D eigenvalue weighted by atomic mass is 10.0. The maximum atomic E-state index is 13.8. The number of rotatable bonds is 11. The molecule has 12 heteroatoms. The van der Waals surface area contributed by atoms with Crippen molar-refractivity contribution in [3.8, 4) is 5.75 Å². The molecule has 0 radical (unpaired) electrons. The summed E-state index contributed by atoms with van der Waals surface area (Å²) in [6.45, 7) is -0.688. The number of ether oxygens (including phenoxy) is 3. The highest BCUT2D eigenvalue weighted by molar-refractivity contribution is 5.95. The van der Waals surface area contributed by atoms with Crippen molar-refractivity contribution in [2.45, 2.75) is 31.5 Å². The molecule has 39 heavy (non-hydrogen) atoms. The molecule has 2 aromatic rings. The third kappa shape index (κ3) is 8.19. The number of nitrogens with one attached hydrogen (secondary N) is 1. The van der Waals surface area contributed by atoms with Crippen LogP contribution in [0, 0.1) is 0 Å². The molecule has 12 nitrogen and oxygen atoms in total. The minimum absolute atomic E-state index is 0.0204. The predicted molar refractivity (Wildman–Crippen MR) is 137 cm³/mol. The predicted octanol–water partition coefficient (Wildman–Crippen LogP) is 1.22. The number of nitrogens with zero attached hydrogens (tertiary/aromatic N) is 2. The van der Waals surface area contributed by atoms with Crippen molar-refractivity contribution in [2.24, 2.45) is 0 Å². The highest BCUT2D eigenvalue weighted by atomic mass is 16.5. The Morgan fingerprint density at radius 2 is 1.69 bits per heavy atom. The fourth-order valence-electron chi connectivity index (χ4n) is 4.17. The van der Waals surface area contributed by atoms with Crippen molar-refractivity contribution in [1.29, 1.82) is 0 Å². The molecule has 0 bridgehead atoms. The van der Waals surface area contributed by atoms with Crippen molar-refractivity contribution < 1.29 is 43.3 Å². The molecule has 1 fully saturated rings.